The van der Waals surface area contributed by atoms with Gasteiger partial charge in [0.15, 0.2) is 0 Å². The van der Waals surface area contributed by atoms with Crippen LogP contribution >= 0.6 is 0 Å². The molecule has 2 fully saturated rings. The molecule has 2 rings (SSSR count). The lowest BCUT2D eigenvalue weighted by atomic mass is 9.74. The van der Waals surface area contributed by atoms with Crippen molar-refractivity contribution in [1.82, 2.24) is 0 Å². The van der Waals surface area contributed by atoms with Crippen molar-refractivity contribution in [1.29, 1.82) is 0 Å². The molecule has 2 aliphatic rings. The van der Waals surface area contributed by atoms with Crippen molar-refractivity contribution < 1.29 is 14.6 Å². The molecule has 0 aromatic carbocycles. The van der Waals surface area contributed by atoms with E-state index < -0.39 is 17.1 Å². The van der Waals surface area contributed by atoms with Crippen LogP contribution in [0.15, 0.2) is 12.2 Å². The molecular formula is C15H24O3. The maximum atomic E-state index is 12.1. The molecule has 4 atom stereocenters. The average Bonchev–Trinajstić information content (AvgIpc) is 2.70. The summed E-state index contributed by atoms with van der Waals surface area (Å²) in [7, 11) is 0. The summed E-state index contributed by atoms with van der Waals surface area (Å²) in [5.74, 6) is -0.0818. The fourth-order valence-corrected chi connectivity index (χ4v) is 3.67. The van der Waals surface area contributed by atoms with Gasteiger partial charge in [-0.25, -0.2) is 0 Å². The number of aliphatic hydroxyl groups is 1. The molecule has 0 aromatic rings. The molecule has 3 nitrogen and oxygen atoms in total. The van der Waals surface area contributed by atoms with E-state index in [1.165, 1.54) is 0 Å². The Kier molecular flexibility index (Phi) is 3.09. The first-order valence-electron chi connectivity index (χ1n) is 6.79. The fourth-order valence-electron chi connectivity index (χ4n) is 3.67. The first-order chi connectivity index (χ1) is 8.18. The Morgan fingerprint density at radius 2 is 2.11 bits per heavy atom. The highest BCUT2D eigenvalue weighted by atomic mass is 16.6. The summed E-state index contributed by atoms with van der Waals surface area (Å²) in [4.78, 5) is 12.1. The van der Waals surface area contributed by atoms with Gasteiger partial charge in [0.2, 0.25) is 0 Å². The number of hydrogen-bond acceptors (Lipinski definition) is 3. The molecular weight excluding hydrogens is 228 g/mol. The minimum Gasteiger partial charge on any atom is -0.458 e. The lowest BCUT2D eigenvalue weighted by Gasteiger charge is -2.34. The van der Waals surface area contributed by atoms with Gasteiger partial charge in [-0.2, -0.15) is 0 Å². The molecule has 1 N–H and O–H groups in total. The SMILES string of the molecule is C=C(C)[C@@H]1CC[C@H](C)[C@]12CC(C(C)(C)O)C(=O)O2. The van der Waals surface area contributed by atoms with Gasteiger partial charge in [-0.1, -0.05) is 19.1 Å². The summed E-state index contributed by atoms with van der Waals surface area (Å²) in [5.41, 5.74) is -0.348. The molecule has 0 radical (unpaired) electrons. The van der Waals surface area contributed by atoms with Crippen molar-refractivity contribution >= 4 is 5.97 Å². The second kappa shape index (κ2) is 4.09. The molecule has 18 heavy (non-hydrogen) atoms. The monoisotopic (exact) mass is 252 g/mol. The van der Waals surface area contributed by atoms with Crippen LogP contribution in [0, 0.1) is 17.8 Å². The summed E-state index contributed by atoms with van der Waals surface area (Å²) < 4.78 is 5.78. The minimum atomic E-state index is -1.01. The Morgan fingerprint density at radius 1 is 1.50 bits per heavy atom. The molecule has 1 aliphatic carbocycles. The zero-order valence-corrected chi connectivity index (χ0v) is 11.8. The van der Waals surface area contributed by atoms with Gasteiger partial charge < -0.3 is 9.84 Å². The molecule has 102 valence electrons. The van der Waals surface area contributed by atoms with Crippen LogP contribution in [0.1, 0.15) is 47.0 Å². The summed E-state index contributed by atoms with van der Waals surface area (Å²) >= 11 is 0. The van der Waals surface area contributed by atoms with Crippen LogP contribution in [-0.4, -0.2) is 22.3 Å². The van der Waals surface area contributed by atoms with E-state index in [0.717, 1.165) is 18.4 Å². The predicted molar refractivity (Wildman–Crippen MR) is 69.9 cm³/mol. The Bertz CT molecular complexity index is 380. The zero-order valence-electron chi connectivity index (χ0n) is 11.8. The van der Waals surface area contributed by atoms with Crippen LogP contribution in [-0.2, 0) is 9.53 Å². The fraction of sp³-hybridized carbons (Fsp3) is 0.800. The predicted octanol–water partition coefficient (Wildman–Crippen LogP) is 2.68. The van der Waals surface area contributed by atoms with Crippen LogP contribution < -0.4 is 0 Å². The average molecular weight is 252 g/mol. The van der Waals surface area contributed by atoms with E-state index in [-0.39, 0.29) is 11.9 Å². The van der Waals surface area contributed by atoms with E-state index in [4.69, 9.17) is 4.74 Å². The second-order valence-corrected chi connectivity index (χ2v) is 6.66. The summed E-state index contributed by atoms with van der Waals surface area (Å²) in [5, 5.41) is 10.1. The van der Waals surface area contributed by atoms with Crippen molar-refractivity contribution in [2.24, 2.45) is 17.8 Å². The van der Waals surface area contributed by atoms with Gasteiger partial charge in [-0.05, 0) is 39.5 Å². The lowest BCUT2D eigenvalue weighted by Crippen LogP contribution is -2.40. The Labute approximate surface area is 109 Å². The van der Waals surface area contributed by atoms with Gasteiger partial charge in [0.1, 0.15) is 5.60 Å². The first kappa shape index (κ1) is 13.6. The largest absolute Gasteiger partial charge is 0.458 e. The van der Waals surface area contributed by atoms with Crippen LogP contribution in [0.3, 0.4) is 0 Å². The Balaban J connectivity index is 2.33. The smallest absolute Gasteiger partial charge is 0.312 e. The molecule has 0 bridgehead atoms. The van der Waals surface area contributed by atoms with Gasteiger partial charge in [-0.15, -0.1) is 0 Å². The summed E-state index contributed by atoms with van der Waals surface area (Å²) in [6, 6.07) is 0. The van der Waals surface area contributed by atoms with Gasteiger partial charge >= 0.3 is 5.97 Å². The van der Waals surface area contributed by atoms with E-state index in [1.807, 2.05) is 6.92 Å². The number of esters is 1. The van der Waals surface area contributed by atoms with E-state index in [0.29, 0.717) is 12.3 Å². The number of carbonyl (C=O) groups excluding carboxylic acids is 1. The molecule has 1 saturated carbocycles. The Hall–Kier alpha value is -0.830. The highest BCUT2D eigenvalue weighted by Gasteiger charge is 2.60. The van der Waals surface area contributed by atoms with Crippen molar-refractivity contribution in [2.75, 3.05) is 0 Å². The summed E-state index contributed by atoms with van der Waals surface area (Å²) in [6.07, 6.45) is 2.71. The molecule has 1 aliphatic heterocycles. The third-order valence-corrected chi connectivity index (χ3v) is 4.86. The third kappa shape index (κ3) is 1.89. The number of hydrogen-bond donors (Lipinski definition) is 1. The molecule has 0 amide bonds. The minimum absolute atomic E-state index is 0.240. The first-order valence-corrected chi connectivity index (χ1v) is 6.79. The molecule has 0 aromatic heterocycles. The zero-order chi connectivity index (χ0) is 13.7. The molecule has 1 saturated heterocycles. The van der Waals surface area contributed by atoms with E-state index in [9.17, 15) is 9.90 Å². The Morgan fingerprint density at radius 3 is 2.56 bits per heavy atom. The van der Waals surface area contributed by atoms with E-state index in [1.54, 1.807) is 13.8 Å². The number of carbonyl (C=O) groups is 1. The normalized spacial score (nSPS) is 40.3. The van der Waals surface area contributed by atoms with Gasteiger partial charge in [0.25, 0.3) is 0 Å². The molecule has 1 unspecified atom stereocenters. The van der Waals surface area contributed by atoms with Gasteiger partial charge in [0.05, 0.1) is 11.5 Å². The lowest BCUT2D eigenvalue weighted by molar-refractivity contribution is -0.158. The van der Waals surface area contributed by atoms with Gasteiger partial charge in [-0.3, -0.25) is 4.79 Å². The third-order valence-electron chi connectivity index (χ3n) is 4.86. The molecule has 1 heterocycles. The van der Waals surface area contributed by atoms with Crippen LogP contribution in [0.25, 0.3) is 0 Å². The number of rotatable bonds is 2. The highest BCUT2D eigenvalue weighted by molar-refractivity contribution is 5.77. The van der Waals surface area contributed by atoms with Crippen LogP contribution in [0.4, 0.5) is 0 Å². The molecule has 1 spiro atoms. The van der Waals surface area contributed by atoms with Crippen molar-refractivity contribution in [3.63, 3.8) is 0 Å². The topological polar surface area (TPSA) is 46.5 Å². The van der Waals surface area contributed by atoms with Crippen molar-refractivity contribution in [3.8, 4) is 0 Å². The van der Waals surface area contributed by atoms with Crippen molar-refractivity contribution in [2.45, 2.75) is 58.2 Å². The number of ether oxygens (including phenoxy) is 1. The quantitative estimate of drug-likeness (QED) is 0.607. The van der Waals surface area contributed by atoms with Crippen molar-refractivity contribution in [3.05, 3.63) is 12.2 Å². The highest BCUT2D eigenvalue weighted by Crippen LogP contribution is 2.54. The maximum Gasteiger partial charge on any atom is 0.312 e. The van der Waals surface area contributed by atoms with E-state index in [2.05, 4.69) is 13.5 Å². The maximum absolute atomic E-state index is 12.1. The summed E-state index contributed by atoms with van der Waals surface area (Å²) in [6.45, 7) is 11.6. The van der Waals surface area contributed by atoms with Crippen LogP contribution in [0.2, 0.25) is 0 Å². The molecule has 3 heteroatoms. The standard InChI is InChI=1S/C15H24O3/c1-9(2)11-7-6-10(3)15(11)8-12(13(16)18-15)14(4,5)17/h10-12,17H,1,6-8H2,2-5H3/t10-,11-,12?,15+/m0/s1. The van der Waals surface area contributed by atoms with Gasteiger partial charge in [0, 0.05) is 12.3 Å². The van der Waals surface area contributed by atoms with E-state index >= 15 is 0 Å². The second-order valence-electron chi connectivity index (χ2n) is 6.66. The van der Waals surface area contributed by atoms with Crippen LogP contribution in [0.5, 0.6) is 0 Å².